The van der Waals surface area contributed by atoms with Gasteiger partial charge in [0.1, 0.15) is 0 Å². The first kappa shape index (κ1) is 13.5. The summed E-state index contributed by atoms with van der Waals surface area (Å²) in [4.78, 5) is 0. The molecular formula is C13H13BrF3N. The average molecular weight is 320 g/mol. The van der Waals surface area contributed by atoms with E-state index >= 15 is 0 Å². The molecule has 1 N–H and O–H groups in total. The Morgan fingerprint density at radius 1 is 1.22 bits per heavy atom. The number of hydrogen-bond donors (Lipinski definition) is 1. The standard InChI is InChI=1S/C13H13BrF3N/c14-11-8-9(13(15,16)17)6-7-12(11)18-10-4-2-1-3-5-10/h1-2,6-8,10,18H,3-5H2. The van der Waals surface area contributed by atoms with Crippen molar-refractivity contribution in [2.24, 2.45) is 0 Å². The van der Waals surface area contributed by atoms with Crippen LogP contribution in [0.1, 0.15) is 24.8 Å². The van der Waals surface area contributed by atoms with Crippen LogP contribution in [0, 0.1) is 0 Å². The lowest BCUT2D eigenvalue weighted by Crippen LogP contribution is -2.20. The molecule has 0 saturated carbocycles. The number of alkyl halides is 3. The van der Waals surface area contributed by atoms with Crippen molar-refractivity contribution in [3.05, 3.63) is 40.4 Å². The molecule has 1 aliphatic carbocycles. The van der Waals surface area contributed by atoms with E-state index in [4.69, 9.17) is 0 Å². The fourth-order valence-electron chi connectivity index (χ4n) is 1.95. The van der Waals surface area contributed by atoms with Gasteiger partial charge in [-0.05, 0) is 53.4 Å². The largest absolute Gasteiger partial charge is 0.416 e. The Morgan fingerprint density at radius 2 is 2.00 bits per heavy atom. The smallest absolute Gasteiger partial charge is 0.381 e. The lowest BCUT2D eigenvalue weighted by Gasteiger charge is -2.21. The molecule has 0 aliphatic heterocycles. The second-order valence-corrected chi connectivity index (χ2v) is 5.17. The van der Waals surface area contributed by atoms with Crippen LogP contribution in [0.4, 0.5) is 18.9 Å². The zero-order valence-corrected chi connectivity index (χ0v) is 11.2. The first-order valence-electron chi connectivity index (χ1n) is 5.75. The van der Waals surface area contributed by atoms with Crippen molar-refractivity contribution < 1.29 is 13.2 Å². The van der Waals surface area contributed by atoms with Crippen LogP contribution in [0.15, 0.2) is 34.8 Å². The van der Waals surface area contributed by atoms with Crippen molar-refractivity contribution in [2.75, 3.05) is 5.32 Å². The monoisotopic (exact) mass is 319 g/mol. The van der Waals surface area contributed by atoms with Crippen LogP contribution in [0.2, 0.25) is 0 Å². The van der Waals surface area contributed by atoms with Crippen LogP contribution in [0.25, 0.3) is 0 Å². The average Bonchev–Trinajstić information content (AvgIpc) is 2.32. The molecule has 98 valence electrons. The van der Waals surface area contributed by atoms with Crippen molar-refractivity contribution in [3.63, 3.8) is 0 Å². The summed E-state index contributed by atoms with van der Waals surface area (Å²) in [5, 5.41) is 3.26. The Labute approximate surface area is 112 Å². The molecule has 0 bridgehead atoms. The van der Waals surface area contributed by atoms with Crippen molar-refractivity contribution >= 4 is 21.6 Å². The van der Waals surface area contributed by atoms with Gasteiger partial charge >= 0.3 is 6.18 Å². The summed E-state index contributed by atoms with van der Waals surface area (Å²) in [7, 11) is 0. The van der Waals surface area contributed by atoms with Crippen molar-refractivity contribution in [3.8, 4) is 0 Å². The molecule has 0 fully saturated rings. The predicted octanol–water partition coefficient (Wildman–Crippen LogP) is 4.99. The molecule has 0 saturated heterocycles. The zero-order chi connectivity index (χ0) is 13.2. The molecule has 1 aromatic carbocycles. The predicted molar refractivity (Wildman–Crippen MR) is 69.5 cm³/mol. The second kappa shape index (κ2) is 5.34. The highest BCUT2D eigenvalue weighted by Gasteiger charge is 2.30. The van der Waals surface area contributed by atoms with E-state index in [9.17, 15) is 13.2 Å². The quantitative estimate of drug-likeness (QED) is 0.757. The molecule has 0 spiro atoms. The number of rotatable bonds is 2. The van der Waals surface area contributed by atoms with E-state index in [0.29, 0.717) is 16.2 Å². The molecule has 2 rings (SSSR count). The van der Waals surface area contributed by atoms with Gasteiger partial charge in [-0.2, -0.15) is 13.2 Å². The summed E-state index contributed by atoms with van der Waals surface area (Å²) in [6, 6.07) is 3.99. The first-order valence-corrected chi connectivity index (χ1v) is 6.54. The summed E-state index contributed by atoms with van der Waals surface area (Å²) in [6.07, 6.45) is 2.85. The SMILES string of the molecule is FC(F)(F)c1ccc(NC2CC=CCC2)c(Br)c1. The van der Waals surface area contributed by atoms with Crippen LogP contribution in [0.3, 0.4) is 0 Å². The highest BCUT2D eigenvalue weighted by atomic mass is 79.9. The number of nitrogens with one attached hydrogen (secondary N) is 1. The van der Waals surface area contributed by atoms with Crippen LogP contribution < -0.4 is 5.32 Å². The number of allylic oxidation sites excluding steroid dienone is 1. The van der Waals surface area contributed by atoms with Gasteiger partial charge in [-0.15, -0.1) is 0 Å². The van der Waals surface area contributed by atoms with Gasteiger partial charge in [-0.25, -0.2) is 0 Å². The Bertz CT molecular complexity index is 454. The fraction of sp³-hybridized carbons (Fsp3) is 0.385. The summed E-state index contributed by atoms with van der Waals surface area (Å²) in [5.41, 5.74) is 0.0757. The minimum atomic E-state index is -4.30. The van der Waals surface area contributed by atoms with Gasteiger partial charge in [0.05, 0.1) is 5.56 Å². The van der Waals surface area contributed by atoms with Gasteiger partial charge in [-0.3, -0.25) is 0 Å². The Morgan fingerprint density at radius 3 is 2.56 bits per heavy atom. The molecule has 1 aromatic rings. The molecule has 18 heavy (non-hydrogen) atoms. The minimum Gasteiger partial charge on any atom is -0.381 e. The van der Waals surface area contributed by atoms with Crippen molar-refractivity contribution in [1.29, 1.82) is 0 Å². The number of hydrogen-bond acceptors (Lipinski definition) is 1. The van der Waals surface area contributed by atoms with Gasteiger partial charge in [-0.1, -0.05) is 12.2 Å². The Hall–Kier alpha value is -0.970. The molecule has 1 unspecified atom stereocenters. The van der Waals surface area contributed by atoms with Crippen molar-refractivity contribution in [2.45, 2.75) is 31.5 Å². The van der Waals surface area contributed by atoms with E-state index in [0.717, 1.165) is 31.4 Å². The summed E-state index contributed by atoms with van der Waals surface area (Å²) >= 11 is 3.19. The highest BCUT2D eigenvalue weighted by molar-refractivity contribution is 9.10. The maximum atomic E-state index is 12.5. The third-order valence-electron chi connectivity index (χ3n) is 2.93. The van der Waals surface area contributed by atoms with Gasteiger partial charge in [0, 0.05) is 16.2 Å². The lowest BCUT2D eigenvalue weighted by molar-refractivity contribution is -0.137. The topological polar surface area (TPSA) is 12.0 Å². The minimum absolute atomic E-state index is 0.294. The van der Waals surface area contributed by atoms with E-state index in [1.807, 2.05) is 0 Å². The molecule has 1 aliphatic rings. The van der Waals surface area contributed by atoms with Gasteiger partial charge in [0.25, 0.3) is 0 Å². The number of halogens is 4. The fourth-order valence-corrected chi connectivity index (χ4v) is 2.45. The Kier molecular flexibility index (Phi) is 4.00. The maximum absolute atomic E-state index is 12.5. The number of anilines is 1. The zero-order valence-electron chi connectivity index (χ0n) is 9.60. The molecule has 0 radical (unpaired) electrons. The summed E-state index contributed by atoms with van der Waals surface area (Å²) in [6.45, 7) is 0. The molecular weight excluding hydrogens is 307 g/mol. The van der Waals surface area contributed by atoms with Crippen LogP contribution in [0.5, 0.6) is 0 Å². The van der Waals surface area contributed by atoms with E-state index < -0.39 is 11.7 Å². The van der Waals surface area contributed by atoms with E-state index in [-0.39, 0.29) is 0 Å². The van der Waals surface area contributed by atoms with Crippen molar-refractivity contribution in [1.82, 2.24) is 0 Å². The maximum Gasteiger partial charge on any atom is 0.416 e. The molecule has 0 heterocycles. The third-order valence-corrected chi connectivity index (χ3v) is 3.58. The van der Waals surface area contributed by atoms with E-state index in [1.54, 1.807) is 0 Å². The Balaban J connectivity index is 2.12. The molecule has 0 amide bonds. The van der Waals surface area contributed by atoms with Gasteiger partial charge in [0.2, 0.25) is 0 Å². The molecule has 1 nitrogen and oxygen atoms in total. The first-order chi connectivity index (χ1) is 8.47. The molecule has 5 heteroatoms. The summed E-state index contributed by atoms with van der Waals surface area (Å²) < 4.78 is 38.0. The highest BCUT2D eigenvalue weighted by Crippen LogP contribution is 2.34. The summed E-state index contributed by atoms with van der Waals surface area (Å²) in [5.74, 6) is 0. The van der Waals surface area contributed by atoms with Crippen LogP contribution in [-0.4, -0.2) is 6.04 Å². The molecule has 0 aromatic heterocycles. The normalized spacial score (nSPS) is 19.9. The van der Waals surface area contributed by atoms with Crippen LogP contribution in [-0.2, 0) is 6.18 Å². The number of benzene rings is 1. The molecule has 1 atom stereocenters. The van der Waals surface area contributed by atoms with Crippen LogP contribution >= 0.6 is 15.9 Å². The van der Waals surface area contributed by atoms with E-state index in [1.165, 1.54) is 6.07 Å². The second-order valence-electron chi connectivity index (χ2n) is 4.32. The van der Waals surface area contributed by atoms with Gasteiger partial charge < -0.3 is 5.32 Å². The van der Waals surface area contributed by atoms with E-state index in [2.05, 4.69) is 33.4 Å². The third kappa shape index (κ3) is 3.28. The lowest BCUT2D eigenvalue weighted by atomic mass is 10.0. The van der Waals surface area contributed by atoms with Gasteiger partial charge in [0.15, 0.2) is 0 Å².